The van der Waals surface area contributed by atoms with E-state index in [1.807, 2.05) is 19.0 Å². The van der Waals surface area contributed by atoms with Crippen molar-refractivity contribution in [1.29, 1.82) is 0 Å². The minimum atomic E-state index is 0.256. The van der Waals surface area contributed by atoms with Gasteiger partial charge in [0.1, 0.15) is 0 Å². The van der Waals surface area contributed by atoms with Crippen LogP contribution in [0.2, 0.25) is 0 Å². The molecule has 1 amide bonds. The van der Waals surface area contributed by atoms with Crippen LogP contribution < -0.4 is 4.90 Å². The molecule has 2 saturated heterocycles. The molecule has 132 valence electrons. The third-order valence-electron chi connectivity index (χ3n) is 5.44. The number of alkyl halides is 1. The third kappa shape index (κ3) is 4.04. The standard InChI is InChI=1S/C19H27IN2O2/c1-21(2)16-5-3-15(4-6-16)11-18(23)22-9-7-19(8-10-22)12-17(13-20)24-14-19/h3-6,17H,7-14H2,1-2H3. The molecule has 0 bridgehead atoms. The van der Waals surface area contributed by atoms with E-state index in [4.69, 9.17) is 4.74 Å². The van der Waals surface area contributed by atoms with Gasteiger partial charge in [0.25, 0.3) is 0 Å². The van der Waals surface area contributed by atoms with Gasteiger partial charge < -0.3 is 14.5 Å². The molecule has 3 rings (SSSR count). The molecule has 1 aromatic rings. The molecule has 1 atom stereocenters. The first kappa shape index (κ1) is 18.0. The molecule has 2 fully saturated rings. The average Bonchev–Trinajstić information content (AvgIpc) is 2.99. The number of nitrogens with zero attached hydrogens (tertiary/aromatic N) is 2. The number of benzene rings is 1. The maximum Gasteiger partial charge on any atom is 0.226 e. The zero-order valence-electron chi connectivity index (χ0n) is 14.6. The van der Waals surface area contributed by atoms with Gasteiger partial charge in [-0.1, -0.05) is 34.7 Å². The van der Waals surface area contributed by atoms with Gasteiger partial charge >= 0.3 is 0 Å². The molecule has 24 heavy (non-hydrogen) atoms. The van der Waals surface area contributed by atoms with Crippen molar-refractivity contribution in [2.45, 2.75) is 31.8 Å². The number of anilines is 1. The van der Waals surface area contributed by atoms with Crippen LogP contribution in [0, 0.1) is 5.41 Å². The maximum atomic E-state index is 12.6. The van der Waals surface area contributed by atoms with Crippen LogP contribution in [0.5, 0.6) is 0 Å². The van der Waals surface area contributed by atoms with Crippen molar-refractivity contribution in [3.8, 4) is 0 Å². The van der Waals surface area contributed by atoms with Crippen molar-refractivity contribution in [1.82, 2.24) is 4.90 Å². The minimum Gasteiger partial charge on any atom is -0.378 e. The summed E-state index contributed by atoms with van der Waals surface area (Å²) in [4.78, 5) is 16.7. The Morgan fingerprint density at radius 2 is 1.96 bits per heavy atom. The SMILES string of the molecule is CN(C)c1ccc(CC(=O)N2CCC3(CC2)COC(CI)C3)cc1. The van der Waals surface area contributed by atoms with Gasteiger partial charge in [-0.05, 0) is 42.4 Å². The second-order valence-electron chi connectivity index (χ2n) is 7.41. The Balaban J connectivity index is 1.52. The van der Waals surface area contributed by atoms with Crippen LogP contribution in [0.3, 0.4) is 0 Å². The highest BCUT2D eigenvalue weighted by atomic mass is 127. The zero-order chi connectivity index (χ0) is 17.2. The molecule has 2 aliphatic rings. The van der Waals surface area contributed by atoms with E-state index < -0.39 is 0 Å². The smallest absolute Gasteiger partial charge is 0.226 e. The quantitative estimate of drug-likeness (QED) is 0.531. The fourth-order valence-electron chi connectivity index (χ4n) is 3.77. The van der Waals surface area contributed by atoms with Crippen molar-refractivity contribution in [3.63, 3.8) is 0 Å². The summed E-state index contributed by atoms with van der Waals surface area (Å²) in [5.41, 5.74) is 2.59. The van der Waals surface area contributed by atoms with E-state index in [9.17, 15) is 4.79 Å². The van der Waals surface area contributed by atoms with Crippen LogP contribution >= 0.6 is 22.6 Å². The first-order valence-electron chi connectivity index (χ1n) is 8.73. The lowest BCUT2D eigenvalue weighted by atomic mass is 9.77. The molecular formula is C19H27IN2O2. The van der Waals surface area contributed by atoms with E-state index in [1.165, 1.54) is 6.42 Å². The monoisotopic (exact) mass is 442 g/mol. The Morgan fingerprint density at radius 3 is 2.50 bits per heavy atom. The lowest BCUT2D eigenvalue weighted by Gasteiger charge is -2.38. The molecule has 0 N–H and O–H groups in total. The van der Waals surface area contributed by atoms with Crippen molar-refractivity contribution < 1.29 is 9.53 Å². The van der Waals surface area contributed by atoms with E-state index in [-0.39, 0.29) is 5.91 Å². The fourth-order valence-corrected chi connectivity index (χ4v) is 4.34. The number of carbonyl (C=O) groups is 1. The molecule has 2 aliphatic heterocycles. The molecule has 2 heterocycles. The van der Waals surface area contributed by atoms with Gasteiger partial charge in [-0.3, -0.25) is 4.79 Å². The number of carbonyl (C=O) groups excluding carboxylic acids is 1. The molecular weight excluding hydrogens is 415 g/mol. The molecule has 1 spiro atoms. The Labute approximate surface area is 158 Å². The minimum absolute atomic E-state index is 0.256. The summed E-state index contributed by atoms with van der Waals surface area (Å²) in [5, 5.41) is 0. The number of hydrogen-bond donors (Lipinski definition) is 0. The van der Waals surface area contributed by atoms with Crippen molar-refractivity contribution >= 4 is 34.2 Å². The summed E-state index contributed by atoms with van der Waals surface area (Å²) in [5.74, 6) is 0.256. The summed E-state index contributed by atoms with van der Waals surface area (Å²) in [6.45, 7) is 2.65. The Hall–Kier alpha value is -0.820. The number of likely N-dealkylation sites (tertiary alicyclic amines) is 1. The highest BCUT2D eigenvalue weighted by Crippen LogP contribution is 2.42. The Morgan fingerprint density at radius 1 is 1.29 bits per heavy atom. The molecule has 1 aromatic carbocycles. The topological polar surface area (TPSA) is 32.8 Å². The van der Waals surface area contributed by atoms with E-state index >= 15 is 0 Å². The van der Waals surface area contributed by atoms with Gasteiger partial charge in [-0.2, -0.15) is 0 Å². The van der Waals surface area contributed by atoms with Gasteiger partial charge in [0.15, 0.2) is 0 Å². The predicted octanol–water partition coefficient (Wildman–Crippen LogP) is 3.13. The van der Waals surface area contributed by atoms with Crippen molar-refractivity contribution in [2.75, 3.05) is 43.1 Å². The number of ether oxygens (including phenoxy) is 1. The second kappa shape index (κ2) is 7.60. The first-order valence-corrected chi connectivity index (χ1v) is 10.3. The summed E-state index contributed by atoms with van der Waals surface area (Å²) in [6.07, 6.45) is 4.28. The second-order valence-corrected chi connectivity index (χ2v) is 8.29. The summed E-state index contributed by atoms with van der Waals surface area (Å²) in [6, 6.07) is 8.28. The number of piperidine rings is 1. The van der Waals surface area contributed by atoms with Crippen LogP contribution in [0.1, 0.15) is 24.8 Å². The number of amides is 1. The molecule has 0 radical (unpaired) electrons. The fraction of sp³-hybridized carbons (Fsp3) is 0.632. The Kier molecular flexibility index (Phi) is 5.70. The lowest BCUT2D eigenvalue weighted by molar-refractivity contribution is -0.132. The van der Waals surface area contributed by atoms with Gasteiger partial charge in [0.2, 0.25) is 5.91 Å². The molecule has 1 unspecified atom stereocenters. The maximum absolute atomic E-state index is 12.6. The van der Waals surface area contributed by atoms with Gasteiger partial charge in [-0.25, -0.2) is 0 Å². The molecule has 5 heteroatoms. The van der Waals surface area contributed by atoms with E-state index in [0.29, 0.717) is 17.9 Å². The van der Waals surface area contributed by atoms with Gasteiger partial charge in [-0.15, -0.1) is 0 Å². The van der Waals surface area contributed by atoms with Crippen LogP contribution in [0.4, 0.5) is 5.69 Å². The number of halogens is 1. The van der Waals surface area contributed by atoms with Crippen LogP contribution in [0.15, 0.2) is 24.3 Å². The van der Waals surface area contributed by atoms with Crippen molar-refractivity contribution in [3.05, 3.63) is 29.8 Å². The first-order chi connectivity index (χ1) is 11.5. The van der Waals surface area contributed by atoms with Gasteiger partial charge in [0.05, 0.1) is 19.1 Å². The van der Waals surface area contributed by atoms with Crippen LogP contribution in [0.25, 0.3) is 0 Å². The largest absolute Gasteiger partial charge is 0.378 e. The molecule has 0 aromatic heterocycles. The van der Waals surface area contributed by atoms with E-state index in [1.54, 1.807) is 0 Å². The van der Waals surface area contributed by atoms with Crippen molar-refractivity contribution in [2.24, 2.45) is 5.41 Å². The molecule has 4 nitrogen and oxygen atoms in total. The van der Waals surface area contributed by atoms with E-state index in [0.717, 1.165) is 48.2 Å². The summed E-state index contributed by atoms with van der Waals surface area (Å²) >= 11 is 2.41. The lowest BCUT2D eigenvalue weighted by Crippen LogP contribution is -2.44. The predicted molar refractivity (Wildman–Crippen MR) is 106 cm³/mol. The normalized spacial score (nSPS) is 22.8. The Bertz CT molecular complexity index is 565. The summed E-state index contributed by atoms with van der Waals surface area (Å²) < 4.78 is 6.98. The summed E-state index contributed by atoms with van der Waals surface area (Å²) in [7, 11) is 4.05. The molecule has 0 aliphatic carbocycles. The zero-order valence-corrected chi connectivity index (χ0v) is 16.8. The van der Waals surface area contributed by atoms with E-state index in [2.05, 4.69) is 51.8 Å². The number of rotatable bonds is 4. The van der Waals surface area contributed by atoms with Crippen LogP contribution in [-0.4, -0.2) is 55.1 Å². The third-order valence-corrected chi connectivity index (χ3v) is 6.43. The van der Waals surface area contributed by atoms with Gasteiger partial charge in [0, 0.05) is 37.3 Å². The number of hydrogen-bond acceptors (Lipinski definition) is 3. The average molecular weight is 442 g/mol. The molecule has 0 saturated carbocycles. The highest BCUT2D eigenvalue weighted by Gasteiger charge is 2.42. The van der Waals surface area contributed by atoms with Crippen LogP contribution in [-0.2, 0) is 16.0 Å². The highest BCUT2D eigenvalue weighted by molar-refractivity contribution is 14.1.